The Hall–Kier alpha value is -2.12. The van der Waals surface area contributed by atoms with Crippen molar-refractivity contribution in [3.8, 4) is 0 Å². The van der Waals surface area contributed by atoms with Gasteiger partial charge in [0.05, 0.1) is 6.04 Å². The molecule has 0 saturated carbocycles. The zero-order chi connectivity index (χ0) is 17.8. The molecule has 0 aliphatic carbocycles. The fourth-order valence-electron chi connectivity index (χ4n) is 3.20. The number of hydrogen-bond acceptors (Lipinski definition) is 6. The molecule has 1 aliphatic rings. The van der Waals surface area contributed by atoms with Crippen LogP contribution >= 0.6 is 0 Å². The molecule has 0 unspecified atom stereocenters. The Morgan fingerprint density at radius 1 is 1.44 bits per heavy atom. The monoisotopic (exact) mass is 347 g/mol. The van der Waals surface area contributed by atoms with Gasteiger partial charge in [-0.15, -0.1) is 0 Å². The number of aromatic nitrogens is 2. The van der Waals surface area contributed by atoms with Gasteiger partial charge in [0.15, 0.2) is 11.6 Å². The van der Waals surface area contributed by atoms with Crippen molar-refractivity contribution >= 4 is 5.78 Å². The molecule has 25 heavy (non-hydrogen) atoms. The van der Waals surface area contributed by atoms with Crippen LogP contribution in [0.25, 0.3) is 0 Å². The van der Waals surface area contributed by atoms with Crippen LogP contribution in [0.4, 0.5) is 4.39 Å². The number of ether oxygens (including phenoxy) is 1. The number of Topliss-reactive ketones (excluding diaryl/α,β-unsaturated/α-hetero) is 1. The van der Waals surface area contributed by atoms with Gasteiger partial charge in [-0.25, -0.2) is 4.39 Å². The Bertz CT molecular complexity index is 717. The molecule has 1 fully saturated rings. The number of carbonyl (C=O) groups is 1. The van der Waals surface area contributed by atoms with Gasteiger partial charge in [-0.2, -0.15) is 4.98 Å². The van der Waals surface area contributed by atoms with Crippen LogP contribution in [0, 0.1) is 11.7 Å². The second kappa shape index (κ2) is 7.84. The smallest absolute Gasteiger partial charge is 0.243 e. The van der Waals surface area contributed by atoms with E-state index in [0.717, 1.165) is 19.4 Å². The first-order chi connectivity index (χ1) is 12.1. The van der Waals surface area contributed by atoms with E-state index in [0.29, 0.717) is 30.4 Å². The molecule has 0 radical (unpaired) electrons. The molecule has 2 atom stereocenters. The van der Waals surface area contributed by atoms with E-state index in [4.69, 9.17) is 9.26 Å². The summed E-state index contributed by atoms with van der Waals surface area (Å²) in [5.41, 5.74) is 0.557. The highest BCUT2D eigenvalue weighted by Crippen LogP contribution is 2.27. The number of rotatable bonds is 6. The standard InChI is InChI=1S/C18H22FN3O3/c1-12(18-20-16(11-24-2)21-25-18)22-9-3-4-14(10-22)17(23)13-5-7-15(19)8-6-13/h5-8,12,14H,3-4,9-11H2,1-2H3/t12-,14-/m0/s1. The zero-order valence-corrected chi connectivity index (χ0v) is 14.4. The first-order valence-electron chi connectivity index (χ1n) is 8.43. The molecule has 0 bridgehead atoms. The minimum atomic E-state index is -0.335. The lowest BCUT2D eigenvalue weighted by Gasteiger charge is -2.34. The van der Waals surface area contributed by atoms with Crippen molar-refractivity contribution in [3.05, 3.63) is 47.4 Å². The molecule has 7 heteroatoms. The van der Waals surface area contributed by atoms with Crippen LogP contribution in [0.5, 0.6) is 0 Å². The van der Waals surface area contributed by atoms with Crippen LogP contribution in [0.1, 0.15) is 47.9 Å². The number of hydrogen-bond donors (Lipinski definition) is 0. The van der Waals surface area contributed by atoms with Crippen LogP contribution in [0.3, 0.4) is 0 Å². The highest BCUT2D eigenvalue weighted by Gasteiger charge is 2.31. The third kappa shape index (κ3) is 4.11. The average molecular weight is 347 g/mol. The van der Waals surface area contributed by atoms with Gasteiger partial charge < -0.3 is 9.26 Å². The number of benzene rings is 1. The van der Waals surface area contributed by atoms with Crippen LogP contribution in [0.15, 0.2) is 28.8 Å². The topological polar surface area (TPSA) is 68.5 Å². The Labute approximate surface area is 146 Å². The van der Waals surface area contributed by atoms with Crippen molar-refractivity contribution in [2.75, 3.05) is 20.2 Å². The van der Waals surface area contributed by atoms with Gasteiger partial charge in [0, 0.05) is 25.1 Å². The fourth-order valence-corrected chi connectivity index (χ4v) is 3.20. The molecule has 0 N–H and O–H groups in total. The number of likely N-dealkylation sites (tertiary alicyclic amines) is 1. The summed E-state index contributed by atoms with van der Waals surface area (Å²) >= 11 is 0. The number of piperidine rings is 1. The van der Waals surface area contributed by atoms with Gasteiger partial charge in [0.1, 0.15) is 12.4 Å². The molecule has 134 valence electrons. The van der Waals surface area contributed by atoms with Crippen molar-refractivity contribution in [1.82, 2.24) is 15.0 Å². The van der Waals surface area contributed by atoms with Crippen molar-refractivity contribution in [3.63, 3.8) is 0 Å². The summed E-state index contributed by atoms with van der Waals surface area (Å²) in [4.78, 5) is 19.2. The van der Waals surface area contributed by atoms with Crippen LogP contribution < -0.4 is 0 Å². The zero-order valence-electron chi connectivity index (χ0n) is 14.4. The van der Waals surface area contributed by atoms with E-state index < -0.39 is 0 Å². The van der Waals surface area contributed by atoms with Crippen molar-refractivity contribution in [2.24, 2.45) is 5.92 Å². The SMILES string of the molecule is COCc1noc([C@H](C)N2CCC[C@H](C(=O)c3ccc(F)cc3)C2)n1. The summed E-state index contributed by atoms with van der Waals surface area (Å²) in [6, 6.07) is 5.68. The molecule has 1 aromatic carbocycles. The van der Waals surface area contributed by atoms with E-state index >= 15 is 0 Å². The third-order valence-corrected chi connectivity index (χ3v) is 4.61. The number of nitrogens with zero attached hydrogens (tertiary/aromatic N) is 3. The summed E-state index contributed by atoms with van der Waals surface area (Å²) in [6.45, 7) is 3.80. The Kier molecular flexibility index (Phi) is 5.55. The quantitative estimate of drug-likeness (QED) is 0.748. The summed E-state index contributed by atoms with van der Waals surface area (Å²) in [6.07, 6.45) is 1.75. The molecule has 1 saturated heterocycles. The number of ketones is 1. The maximum Gasteiger partial charge on any atom is 0.243 e. The van der Waals surface area contributed by atoms with Crippen molar-refractivity contribution in [2.45, 2.75) is 32.4 Å². The Morgan fingerprint density at radius 2 is 2.20 bits per heavy atom. The maximum atomic E-state index is 13.1. The van der Waals surface area contributed by atoms with Gasteiger partial charge >= 0.3 is 0 Å². The van der Waals surface area contributed by atoms with Gasteiger partial charge in [0.25, 0.3) is 0 Å². The van der Waals surface area contributed by atoms with Crippen LogP contribution in [0.2, 0.25) is 0 Å². The largest absolute Gasteiger partial charge is 0.377 e. The number of carbonyl (C=O) groups excluding carboxylic acids is 1. The van der Waals surface area contributed by atoms with E-state index in [1.807, 2.05) is 6.92 Å². The Morgan fingerprint density at radius 3 is 2.92 bits per heavy atom. The van der Waals surface area contributed by atoms with Crippen LogP contribution in [-0.4, -0.2) is 41.0 Å². The van der Waals surface area contributed by atoms with Crippen molar-refractivity contribution < 1.29 is 18.4 Å². The molecule has 0 amide bonds. The number of halogens is 1. The lowest BCUT2D eigenvalue weighted by Crippen LogP contribution is -2.40. The predicted octanol–water partition coefficient (Wildman–Crippen LogP) is 3.01. The van der Waals surface area contributed by atoms with E-state index in [-0.39, 0.29) is 23.6 Å². The van der Waals surface area contributed by atoms with Crippen LogP contribution in [-0.2, 0) is 11.3 Å². The second-order valence-corrected chi connectivity index (χ2v) is 6.36. The third-order valence-electron chi connectivity index (χ3n) is 4.61. The van der Waals surface area contributed by atoms with Gasteiger partial charge in [-0.05, 0) is 50.6 Å². The Balaban J connectivity index is 1.67. The highest BCUT2D eigenvalue weighted by molar-refractivity contribution is 5.98. The van der Waals surface area contributed by atoms with Crippen molar-refractivity contribution in [1.29, 1.82) is 0 Å². The van der Waals surface area contributed by atoms with Gasteiger partial charge in [-0.3, -0.25) is 9.69 Å². The molecule has 2 aromatic rings. The van der Waals surface area contributed by atoms with Gasteiger partial charge in [0.2, 0.25) is 5.89 Å². The molecule has 1 aromatic heterocycles. The lowest BCUT2D eigenvalue weighted by atomic mass is 9.89. The predicted molar refractivity (Wildman–Crippen MR) is 88.5 cm³/mol. The molecule has 2 heterocycles. The van der Waals surface area contributed by atoms with Gasteiger partial charge in [-0.1, -0.05) is 5.16 Å². The molecular weight excluding hydrogens is 325 g/mol. The number of methoxy groups -OCH3 is 1. The second-order valence-electron chi connectivity index (χ2n) is 6.36. The lowest BCUT2D eigenvalue weighted by molar-refractivity contribution is 0.0730. The first-order valence-corrected chi connectivity index (χ1v) is 8.43. The summed E-state index contributed by atoms with van der Waals surface area (Å²) in [5, 5.41) is 3.89. The van der Waals surface area contributed by atoms with E-state index in [2.05, 4.69) is 15.0 Å². The fraction of sp³-hybridized carbons (Fsp3) is 0.500. The molecule has 3 rings (SSSR count). The summed E-state index contributed by atoms with van der Waals surface area (Å²) in [7, 11) is 1.58. The highest BCUT2D eigenvalue weighted by atomic mass is 19.1. The summed E-state index contributed by atoms with van der Waals surface area (Å²) < 4.78 is 23.4. The van der Waals surface area contributed by atoms with E-state index in [1.54, 1.807) is 19.2 Å². The molecule has 6 nitrogen and oxygen atoms in total. The minimum Gasteiger partial charge on any atom is -0.377 e. The molecular formula is C18H22FN3O3. The molecule has 0 spiro atoms. The average Bonchev–Trinajstić information content (AvgIpc) is 3.10. The summed E-state index contributed by atoms with van der Waals surface area (Å²) in [5.74, 6) is 0.659. The molecule has 1 aliphatic heterocycles. The maximum absolute atomic E-state index is 13.1. The minimum absolute atomic E-state index is 0.0579. The van der Waals surface area contributed by atoms with E-state index in [9.17, 15) is 9.18 Å². The first kappa shape index (κ1) is 17.7. The normalized spacial score (nSPS) is 19.7. The van der Waals surface area contributed by atoms with E-state index in [1.165, 1.54) is 12.1 Å².